The number of piperidine rings is 1. The summed E-state index contributed by atoms with van der Waals surface area (Å²) in [6.07, 6.45) is 4.39. The monoisotopic (exact) mass is 226 g/mol. The third-order valence-electron chi connectivity index (χ3n) is 3.79. The second-order valence-corrected chi connectivity index (χ2v) is 5.08. The molecule has 1 N–H and O–H groups in total. The van der Waals surface area contributed by atoms with Crippen LogP contribution in [0.25, 0.3) is 0 Å². The van der Waals surface area contributed by atoms with Crippen LogP contribution in [-0.4, -0.2) is 36.5 Å². The quantitative estimate of drug-likeness (QED) is 0.795. The Morgan fingerprint density at radius 1 is 1.56 bits per heavy atom. The fourth-order valence-corrected chi connectivity index (χ4v) is 2.47. The predicted octanol–water partition coefficient (Wildman–Crippen LogP) is 2.02. The first-order valence-electron chi connectivity index (χ1n) is 6.58. The summed E-state index contributed by atoms with van der Waals surface area (Å²) in [4.78, 5) is 14.3. The van der Waals surface area contributed by atoms with E-state index < -0.39 is 0 Å². The van der Waals surface area contributed by atoms with Crippen molar-refractivity contribution < 1.29 is 4.79 Å². The van der Waals surface area contributed by atoms with Crippen LogP contribution in [0.3, 0.4) is 0 Å². The molecule has 3 atom stereocenters. The summed E-state index contributed by atoms with van der Waals surface area (Å²) < 4.78 is 0. The molecule has 0 saturated carbocycles. The van der Waals surface area contributed by atoms with Crippen LogP contribution >= 0.6 is 0 Å². The Bertz CT molecular complexity index is 230. The van der Waals surface area contributed by atoms with E-state index in [0.717, 1.165) is 32.2 Å². The average Bonchev–Trinajstić information content (AvgIpc) is 2.28. The SMILES string of the molecule is CCCC(C)N(C)C(=O)C1CCCNC1C. The largest absolute Gasteiger partial charge is 0.343 e. The van der Waals surface area contributed by atoms with Gasteiger partial charge in [-0.3, -0.25) is 4.79 Å². The highest BCUT2D eigenvalue weighted by molar-refractivity contribution is 5.79. The maximum absolute atomic E-state index is 12.3. The Morgan fingerprint density at radius 3 is 2.81 bits per heavy atom. The lowest BCUT2D eigenvalue weighted by atomic mass is 9.90. The van der Waals surface area contributed by atoms with Crippen molar-refractivity contribution in [3.8, 4) is 0 Å². The van der Waals surface area contributed by atoms with Crippen LogP contribution in [0.2, 0.25) is 0 Å². The van der Waals surface area contributed by atoms with E-state index in [1.54, 1.807) is 0 Å². The zero-order valence-corrected chi connectivity index (χ0v) is 11.1. The minimum absolute atomic E-state index is 0.179. The van der Waals surface area contributed by atoms with Gasteiger partial charge < -0.3 is 10.2 Å². The summed E-state index contributed by atoms with van der Waals surface area (Å²) in [5.74, 6) is 0.499. The van der Waals surface area contributed by atoms with Crippen LogP contribution in [0, 0.1) is 5.92 Å². The first-order chi connectivity index (χ1) is 7.57. The van der Waals surface area contributed by atoms with Crippen molar-refractivity contribution in [2.45, 2.75) is 58.5 Å². The van der Waals surface area contributed by atoms with E-state index in [1.807, 2.05) is 11.9 Å². The summed E-state index contributed by atoms with van der Waals surface area (Å²) in [6, 6.07) is 0.698. The number of rotatable bonds is 4. The molecule has 1 aliphatic heterocycles. The van der Waals surface area contributed by atoms with E-state index in [4.69, 9.17) is 0 Å². The summed E-state index contributed by atoms with van der Waals surface area (Å²) >= 11 is 0. The van der Waals surface area contributed by atoms with Crippen molar-refractivity contribution in [2.75, 3.05) is 13.6 Å². The number of carbonyl (C=O) groups is 1. The number of nitrogens with one attached hydrogen (secondary N) is 1. The fraction of sp³-hybridized carbons (Fsp3) is 0.923. The molecule has 1 amide bonds. The van der Waals surface area contributed by atoms with Gasteiger partial charge in [0.1, 0.15) is 0 Å². The molecule has 1 aliphatic rings. The summed E-state index contributed by atoms with van der Waals surface area (Å²) in [6.45, 7) is 7.49. The molecule has 3 unspecified atom stereocenters. The van der Waals surface area contributed by atoms with E-state index in [0.29, 0.717) is 18.0 Å². The Morgan fingerprint density at radius 2 is 2.25 bits per heavy atom. The van der Waals surface area contributed by atoms with Gasteiger partial charge in [0.15, 0.2) is 0 Å². The second-order valence-electron chi connectivity index (χ2n) is 5.08. The lowest BCUT2D eigenvalue weighted by molar-refractivity contribution is -0.137. The van der Waals surface area contributed by atoms with Crippen LogP contribution in [0.5, 0.6) is 0 Å². The molecule has 1 saturated heterocycles. The normalized spacial score (nSPS) is 27.5. The van der Waals surface area contributed by atoms with Gasteiger partial charge in [-0.25, -0.2) is 0 Å². The minimum atomic E-state index is 0.179. The zero-order chi connectivity index (χ0) is 12.1. The molecule has 3 heteroatoms. The van der Waals surface area contributed by atoms with E-state index in [2.05, 4.69) is 26.1 Å². The highest BCUT2D eigenvalue weighted by atomic mass is 16.2. The van der Waals surface area contributed by atoms with Crippen LogP contribution in [0.4, 0.5) is 0 Å². The van der Waals surface area contributed by atoms with E-state index in [-0.39, 0.29) is 5.92 Å². The Labute approximate surface area is 99.6 Å². The second kappa shape index (κ2) is 6.24. The predicted molar refractivity (Wildman–Crippen MR) is 67.3 cm³/mol. The molecule has 0 spiro atoms. The van der Waals surface area contributed by atoms with Gasteiger partial charge >= 0.3 is 0 Å². The number of hydrogen-bond acceptors (Lipinski definition) is 2. The van der Waals surface area contributed by atoms with Gasteiger partial charge in [0.2, 0.25) is 5.91 Å². The maximum atomic E-state index is 12.3. The summed E-state index contributed by atoms with van der Waals surface area (Å²) in [5, 5.41) is 3.39. The third kappa shape index (κ3) is 3.21. The molecular weight excluding hydrogens is 200 g/mol. The molecule has 94 valence electrons. The zero-order valence-electron chi connectivity index (χ0n) is 11.1. The minimum Gasteiger partial charge on any atom is -0.343 e. The van der Waals surface area contributed by atoms with Crippen LogP contribution in [-0.2, 0) is 4.79 Å². The highest BCUT2D eigenvalue weighted by Crippen LogP contribution is 2.20. The van der Waals surface area contributed by atoms with Crippen molar-refractivity contribution in [3.05, 3.63) is 0 Å². The lowest BCUT2D eigenvalue weighted by Gasteiger charge is -2.34. The van der Waals surface area contributed by atoms with Crippen molar-refractivity contribution in [1.82, 2.24) is 10.2 Å². The van der Waals surface area contributed by atoms with E-state index >= 15 is 0 Å². The molecule has 0 bridgehead atoms. The molecule has 16 heavy (non-hydrogen) atoms. The average molecular weight is 226 g/mol. The molecule has 3 nitrogen and oxygen atoms in total. The van der Waals surface area contributed by atoms with E-state index in [9.17, 15) is 4.79 Å². The first kappa shape index (κ1) is 13.5. The highest BCUT2D eigenvalue weighted by Gasteiger charge is 2.30. The van der Waals surface area contributed by atoms with Gasteiger partial charge in [0.05, 0.1) is 5.92 Å². The number of hydrogen-bond donors (Lipinski definition) is 1. The molecule has 0 aromatic rings. The first-order valence-corrected chi connectivity index (χ1v) is 6.58. The van der Waals surface area contributed by atoms with Crippen molar-refractivity contribution in [3.63, 3.8) is 0 Å². The Balaban J connectivity index is 2.54. The smallest absolute Gasteiger partial charge is 0.227 e. The van der Waals surface area contributed by atoms with Gasteiger partial charge in [-0.2, -0.15) is 0 Å². The topological polar surface area (TPSA) is 32.3 Å². The molecular formula is C13H26N2O. The van der Waals surface area contributed by atoms with Gasteiger partial charge in [-0.15, -0.1) is 0 Å². The fourth-order valence-electron chi connectivity index (χ4n) is 2.47. The lowest BCUT2D eigenvalue weighted by Crippen LogP contribution is -2.49. The van der Waals surface area contributed by atoms with Crippen molar-refractivity contribution in [2.24, 2.45) is 5.92 Å². The summed E-state index contributed by atoms with van der Waals surface area (Å²) in [5.41, 5.74) is 0. The van der Waals surface area contributed by atoms with Crippen LogP contribution in [0.15, 0.2) is 0 Å². The van der Waals surface area contributed by atoms with Gasteiger partial charge in [-0.05, 0) is 39.7 Å². The maximum Gasteiger partial charge on any atom is 0.227 e. The van der Waals surface area contributed by atoms with Crippen molar-refractivity contribution >= 4 is 5.91 Å². The molecule has 1 heterocycles. The molecule has 1 fully saturated rings. The van der Waals surface area contributed by atoms with Crippen LogP contribution < -0.4 is 5.32 Å². The molecule has 0 aromatic heterocycles. The molecule has 0 aromatic carbocycles. The Hall–Kier alpha value is -0.570. The standard InChI is InChI=1S/C13H26N2O/c1-5-7-10(2)15(4)13(16)12-8-6-9-14-11(12)3/h10-12,14H,5-9H2,1-4H3. The van der Waals surface area contributed by atoms with Gasteiger partial charge in [0, 0.05) is 19.1 Å². The number of amides is 1. The molecule has 1 rings (SSSR count). The molecule has 0 aliphatic carbocycles. The number of nitrogens with zero attached hydrogens (tertiary/aromatic N) is 1. The van der Waals surface area contributed by atoms with Crippen molar-refractivity contribution in [1.29, 1.82) is 0 Å². The van der Waals surface area contributed by atoms with Gasteiger partial charge in [0.25, 0.3) is 0 Å². The van der Waals surface area contributed by atoms with Crippen LogP contribution in [0.1, 0.15) is 46.5 Å². The Kier molecular flexibility index (Phi) is 5.26. The van der Waals surface area contributed by atoms with E-state index in [1.165, 1.54) is 0 Å². The van der Waals surface area contributed by atoms with Gasteiger partial charge in [-0.1, -0.05) is 13.3 Å². The third-order valence-corrected chi connectivity index (χ3v) is 3.79. The number of carbonyl (C=O) groups excluding carboxylic acids is 1. The molecule has 0 radical (unpaired) electrons. The summed E-state index contributed by atoms with van der Waals surface area (Å²) in [7, 11) is 1.95.